The highest BCUT2D eigenvalue weighted by atomic mass is 32.2. The van der Waals surface area contributed by atoms with Gasteiger partial charge in [-0.3, -0.25) is 0 Å². The molecule has 20 heavy (non-hydrogen) atoms. The Labute approximate surface area is 121 Å². The first-order valence-corrected chi connectivity index (χ1v) is 8.73. The summed E-state index contributed by atoms with van der Waals surface area (Å²) in [5.41, 5.74) is 1.49. The third-order valence-electron chi connectivity index (χ3n) is 3.90. The van der Waals surface area contributed by atoms with E-state index in [1.165, 1.54) is 0 Å². The molecule has 0 aliphatic carbocycles. The van der Waals surface area contributed by atoms with E-state index < -0.39 is 10.0 Å². The lowest BCUT2D eigenvalue weighted by Crippen LogP contribution is -2.39. The van der Waals surface area contributed by atoms with Crippen LogP contribution in [0.25, 0.3) is 0 Å². The molecule has 1 unspecified atom stereocenters. The Morgan fingerprint density at radius 1 is 1.35 bits per heavy atom. The first-order chi connectivity index (χ1) is 9.44. The summed E-state index contributed by atoms with van der Waals surface area (Å²) in [4.78, 5) is 0. The van der Waals surface area contributed by atoms with Gasteiger partial charge in [0.1, 0.15) is 0 Å². The molecule has 0 bridgehead atoms. The Kier molecular flexibility index (Phi) is 4.83. The van der Waals surface area contributed by atoms with E-state index in [1.54, 1.807) is 28.6 Å². The SMILES string of the molecule is CC(C)C1CCCN1S(=O)(=O)Cc1cccc(CO)c1. The summed E-state index contributed by atoms with van der Waals surface area (Å²) in [6, 6.07) is 7.28. The molecule has 0 spiro atoms. The number of hydrogen-bond acceptors (Lipinski definition) is 3. The number of sulfonamides is 1. The Morgan fingerprint density at radius 3 is 2.70 bits per heavy atom. The number of rotatable bonds is 5. The molecule has 0 radical (unpaired) electrons. The molecule has 1 atom stereocenters. The van der Waals surface area contributed by atoms with Crippen LogP contribution in [0, 0.1) is 5.92 Å². The van der Waals surface area contributed by atoms with Crippen molar-refractivity contribution in [2.45, 2.75) is 45.1 Å². The fraction of sp³-hybridized carbons (Fsp3) is 0.600. The first-order valence-electron chi connectivity index (χ1n) is 7.12. The van der Waals surface area contributed by atoms with Crippen LogP contribution in [0.5, 0.6) is 0 Å². The molecule has 1 saturated heterocycles. The minimum atomic E-state index is -3.28. The summed E-state index contributed by atoms with van der Waals surface area (Å²) < 4.78 is 26.8. The second kappa shape index (κ2) is 6.24. The smallest absolute Gasteiger partial charge is 0.218 e. The van der Waals surface area contributed by atoms with Crippen molar-refractivity contribution in [3.8, 4) is 0 Å². The van der Waals surface area contributed by atoms with Crippen molar-refractivity contribution in [1.29, 1.82) is 0 Å². The third-order valence-corrected chi connectivity index (χ3v) is 5.76. The van der Waals surface area contributed by atoms with Crippen LogP contribution in [0.1, 0.15) is 37.8 Å². The molecule has 0 saturated carbocycles. The van der Waals surface area contributed by atoms with Gasteiger partial charge in [0.15, 0.2) is 0 Å². The second-order valence-corrected chi connectivity index (χ2v) is 7.72. The Hall–Kier alpha value is -0.910. The van der Waals surface area contributed by atoms with Gasteiger partial charge in [-0.2, -0.15) is 4.31 Å². The van der Waals surface area contributed by atoms with Gasteiger partial charge < -0.3 is 5.11 Å². The molecular formula is C15H23NO3S. The topological polar surface area (TPSA) is 57.6 Å². The van der Waals surface area contributed by atoms with Crippen molar-refractivity contribution >= 4 is 10.0 Å². The lowest BCUT2D eigenvalue weighted by atomic mass is 10.0. The monoisotopic (exact) mass is 297 g/mol. The second-order valence-electron chi connectivity index (χ2n) is 5.80. The highest BCUT2D eigenvalue weighted by Gasteiger charge is 2.35. The minimum Gasteiger partial charge on any atom is -0.392 e. The van der Waals surface area contributed by atoms with Gasteiger partial charge in [-0.15, -0.1) is 0 Å². The van der Waals surface area contributed by atoms with E-state index in [0.29, 0.717) is 12.5 Å². The van der Waals surface area contributed by atoms with Gasteiger partial charge in [0.2, 0.25) is 10.0 Å². The van der Waals surface area contributed by atoms with Crippen molar-refractivity contribution in [3.05, 3.63) is 35.4 Å². The number of hydrogen-bond donors (Lipinski definition) is 1. The lowest BCUT2D eigenvalue weighted by Gasteiger charge is -2.27. The van der Waals surface area contributed by atoms with Crippen LogP contribution in [0.15, 0.2) is 24.3 Å². The van der Waals surface area contributed by atoms with Gasteiger partial charge in [0, 0.05) is 12.6 Å². The molecule has 1 aromatic carbocycles. The Bertz CT molecular complexity index is 554. The number of aliphatic hydroxyl groups excluding tert-OH is 1. The summed E-state index contributed by atoms with van der Waals surface area (Å²) in [6.07, 6.45) is 1.90. The maximum Gasteiger partial charge on any atom is 0.218 e. The number of nitrogens with zero attached hydrogens (tertiary/aromatic N) is 1. The molecule has 4 nitrogen and oxygen atoms in total. The highest BCUT2D eigenvalue weighted by molar-refractivity contribution is 7.88. The minimum absolute atomic E-state index is 0.0179. The van der Waals surface area contributed by atoms with E-state index in [1.807, 2.05) is 0 Å². The van der Waals surface area contributed by atoms with Crippen LogP contribution in [0.3, 0.4) is 0 Å². The largest absolute Gasteiger partial charge is 0.392 e. The summed E-state index contributed by atoms with van der Waals surface area (Å²) in [5, 5.41) is 9.13. The molecule has 0 aromatic heterocycles. The first kappa shape index (κ1) is 15.5. The zero-order valence-corrected chi connectivity index (χ0v) is 12.9. The predicted molar refractivity (Wildman–Crippen MR) is 79.6 cm³/mol. The lowest BCUT2D eigenvalue weighted by molar-refractivity contribution is 0.281. The fourth-order valence-electron chi connectivity index (χ4n) is 2.89. The summed E-state index contributed by atoms with van der Waals surface area (Å²) in [5.74, 6) is 0.361. The molecule has 5 heteroatoms. The average molecular weight is 297 g/mol. The van der Waals surface area contributed by atoms with Crippen molar-refractivity contribution in [3.63, 3.8) is 0 Å². The number of aliphatic hydroxyl groups is 1. The summed E-state index contributed by atoms with van der Waals surface area (Å²) in [6.45, 7) is 4.72. The van der Waals surface area contributed by atoms with Crippen molar-refractivity contribution in [2.24, 2.45) is 5.92 Å². The van der Waals surface area contributed by atoms with Crippen LogP contribution in [0.4, 0.5) is 0 Å². The quantitative estimate of drug-likeness (QED) is 0.906. The van der Waals surface area contributed by atoms with Crippen LogP contribution in [0.2, 0.25) is 0 Å². The van der Waals surface area contributed by atoms with E-state index in [2.05, 4.69) is 13.8 Å². The van der Waals surface area contributed by atoms with Crippen molar-refractivity contribution in [1.82, 2.24) is 4.31 Å². The molecular weight excluding hydrogens is 274 g/mol. The van der Waals surface area contributed by atoms with Crippen LogP contribution < -0.4 is 0 Å². The Balaban J connectivity index is 2.18. The molecule has 2 rings (SSSR count). The van der Waals surface area contributed by atoms with Gasteiger partial charge in [-0.05, 0) is 29.9 Å². The van der Waals surface area contributed by atoms with E-state index in [-0.39, 0.29) is 18.4 Å². The van der Waals surface area contributed by atoms with E-state index >= 15 is 0 Å². The van der Waals surface area contributed by atoms with Gasteiger partial charge >= 0.3 is 0 Å². The third kappa shape index (κ3) is 3.40. The van der Waals surface area contributed by atoms with E-state index in [4.69, 9.17) is 5.11 Å². The van der Waals surface area contributed by atoms with E-state index in [0.717, 1.165) is 24.0 Å². The standard InChI is InChI=1S/C15H23NO3S/c1-12(2)15-7-4-8-16(15)20(18,19)11-14-6-3-5-13(9-14)10-17/h3,5-6,9,12,15,17H,4,7-8,10-11H2,1-2H3. The molecule has 1 aromatic rings. The maximum atomic E-state index is 12.6. The van der Waals surface area contributed by atoms with Gasteiger partial charge in [0.05, 0.1) is 12.4 Å². The molecule has 1 heterocycles. The molecule has 0 amide bonds. The maximum absolute atomic E-state index is 12.6. The Morgan fingerprint density at radius 2 is 2.05 bits per heavy atom. The highest BCUT2D eigenvalue weighted by Crippen LogP contribution is 2.28. The normalized spacial score (nSPS) is 20.7. The molecule has 1 fully saturated rings. The predicted octanol–water partition coefficient (Wildman–Crippen LogP) is 2.13. The fourth-order valence-corrected chi connectivity index (χ4v) is 4.82. The molecule has 112 valence electrons. The van der Waals surface area contributed by atoms with Crippen LogP contribution in [-0.2, 0) is 22.4 Å². The zero-order chi connectivity index (χ0) is 14.8. The van der Waals surface area contributed by atoms with Crippen LogP contribution >= 0.6 is 0 Å². The number of benzene rings is 1. The molecule has 1 N–H and O–H groups in total. The van der Waals surface area contributed by atoms with Gasteiger partial charge in [-0.25, -0.2) is 8.42 Å². The van der Waals surface area contributed by atoms with Crippen LogP contribution in [-0.4, -0.2) is 30.4 Å². The zero-order valence-electron chi connectivity index (χ0n) is 12.1. The summed E-state index contributed by atoms with van der Waals surface area (Å²) >= 11 is 0. The van der Waals surface area contributed by atoms with E-state index in [9.17, 15) is 8.42 Å². The van der Waals surface area contributed by atoms with Crippen molar-refractivity contribution < 1.29 is 13.5 Å². The average Bonchev–Trinajstić information content (AvgIpc) is 2.88. The van der Waals surface area contributed by atoms with Crippen molar-refractivity contribution in [2.75, 3.05) is 6.54 Å². The summed E-state index contributed by atoms with van der Waals surface area (Å²) in [7, 11) is -3.28. The van der Waals surface area contributed by atoms with Gasteiger partial charge in [0.25, 0.3) is 0 Å². The molecule has 1 aliphatic rings. The van der Waals surface area contributed by atoms with Gasteiger partial charge in [-0.1, -0.05) is 38.1 Å². The molecule has 1 aliphatic heterocycles.